The number of hydrogen-bond acceptors (Lipinski definition) is 5. The molecule has 1 aliphatic rings. The molecule has 0 radical (unpaired) electrons. The molecule has 1 atom stereocenters. The Morgan fingerprint density at radius 3 is 2.71 bits per heavy atom. The number of rotatable bonds is 4. The second-order valence-electron chi connectivity index (χ2n) is 5.93. The molecule has 0 unspecified atom stereocenters. The highest BCUT2D eigenvalue weighted by atomic mass is 32.2. The molecule has 6 nitrogen and oxygen atoms in total. The molecule has 0 amide bonds. The highest BCUT2D eigenvalue weighted by molar-refractivity contribution is 7.89. The van der Waals surface area contributed by atoms with E-state index < -0.39 is 15.6 Å². The third-order valence-electron chi connectivity index (χ3n) is 3.91. The van der Waals surface area contributed by atoms with Gasteiger partial charge in [-0.15, -0.1) is 0 Å². The van der Waals surface area contributed by atoms with Crippen LogP contribution in [0.15, 0.2) is 50.5 Å². The van der Waals surface area contributed by atoms with Gasteiger partial charge >= 0.3 is 5.63 Å². The summed E-state index contributed by atoms with van der Waals surface area (Å²) in [6, 6.07) is 9.75. The summed E-state index contributed by atoms with van der Waals surface area (Å²) in [5.41, 5.74) is 0.418. The second-order valence-corrected chi connectivity index (χ2v) is 7.87. The average molecular weight is 349 g/mol. The lowest BCUT2D eigenvalue weighted by atomic mass is 10.2. The van der Waals surface area contributed by atoms with Crippen LogP contribution in [0.3, 0.4) is 0 Å². The van der Waals surface area contributed by atoms with E-state index in [4.69, 9.17) is 9.15 Å². The molecule has 24 heavy (non-hydrogen) atoms. The van der Waals surface area contributed by atoms with Gasteiger partial charge in [0.25, 0.3) is 0 Å². The zero-order valence-electron chi connectivity index (χ0n) is 13.6. The van der Waals surface area contributed by atoms with Crippen LogP contribution >= 0.6 is 0 Å². The third kappa shape index (κ3) is 3.52. The summed E-state index contributed by atoms with van der Waals surface area (Å²) in [7, 11) is -3.53. The summed E-state index contributed by atoms with van der Waals surface area (Å²) in [4.78, 5) is 11.7. The Morgan fingerprint density at radius 1 is 1.21 bits per heavy atom. The average Bonchev–Trinajstić information content (AvgIpc) is 2.95. The summed E-state index contributed by atoms with van der Waals surface area (Å²) in [6.07, 6.45) is 0.287. The normalized spacial score (nSPS) is 18.7. The number of hydrogen-bond donors (Lipinski definition) is 0. The van der Waals surface area contributed by atoms with Crippen molar-refractivity contribution in [3.8, 4) is 5.75 Å². The maximum absolute atomic E-state index is 12.7. The minimum atomic E-state index is -3.53. The van der Waals surface area contributed by atoms with Crippen LogP contribution in [0.25, 0.3) is 0 Å². The van der Waals surface area contributed by atoms with Gasteiger partial charge in [-0.25, -0.2) is 13.2 Å². The number of nitrogens with zero attached hydrogens (tertiary/aromatic N) is 1. The van der Waals surface area contributed by atoms with E-state index >= 15 is 0 Å². The monoisotopic (exact) mass is 349 g/mol. The molecule has 0 bridgehead atoms. The first-order valence-corrected chi connectivity index (χ1v) is 9.14. The molecule has 0 spiro atoms. The summed E-state index contributed by atoms with van der Waals surface area (Å²) in [6.45, 7) is 4.17. The van der Waals surface area contributed by atoms with E-state index in [1.54, 1.807) is 31.2 Å². The largest absolute Gasteiger partial charge is 0.489 e. The van der Waals surface area contributed by atoms with Gasteiger partial charge in [-0.05, 0) is 38.0 Å². The zero-order chi connectivity index (χ0) is 17.3. The van der Waals surface area contributed by atoms with Gasteiger partial charge in [-0.2, -0.15) is 4.31 Å². The van der Waals surface area contributed by atoms with Crippen LogP contribution in [0.5, 0.6) is 5.75 Å². The second kappa shape index (κ2) is 6.41. The van der Waals surface area contributed by atoms with Crippen molar-refractivity contribution in [2.75, 3.05) is 13.1 Å². The lowest BCUT2D eigenvalue weighted by Gasteiger charge is -2.17. The van der Waals surface area contributed by atoms with Crippen molar-refractivity contribution in [2.24, 2.45) is 0 Å². The number of benzene rings is 1. The van der Waals surface area contributed by atoms with Crippen molar-refractivity contribution in [2.45, 2.75) is 31.3 Å². The molecular formula is C17H19NO5S. The molecule has 2 aromatic rings. The quantitative estimate of drug-likeness (QED) is 0.845. The minimum Gasteiger partial charge on any atom is -0.489 e. The fraction of sp³-hybridized carbons (Fsp3) is 0.353. The lowest BCUT2D eigenvalue weighted by molar-refractivity contribution is 0.213. The Balaban J connectivity index is 1.74. The molecule has 0 saturated carbocycles. The molecule has 2 heterocycles. The molecule has 128 valence electrons. The van der Waals surface area contributed by atoms with Crippen molar-refractivity contribution < 1.29 is 17.6 Å². The molecule has 1 saturated heterocycles. The van der Waals surface area contributed by atoms with Crippen molar-refractivity contribution in [3.05, 3.63) is 58.1 Å². The molecule has 7 heteroatoms. The zero-order valence-corrected chi connectivity index (χ0v) is 14.4. The highest BCUT2D eigenvalue weighted by Gasteiger charge is 2.33. The Bertz CT molecular complexity index is 903. The SMILES string of the molecule is Cc1cccc(S(=O)(=O)N2CC[C@@H](Oc3cc(C)oc(=O)c3)C2)c1. The predicted molar refractivity (Wildman–Crippen MR) is 88.7 cm³/mol. The molecule has 1 aromatic heterocycles. The molecular weight excluding hydrogens is 330 g/mol. The van der Waals surface area contributed by atoms with Gasteiger partial charge in [-0.3, -0.25) is 0 Å². The van der Waals surface area contributed by atoms with Gasteiger partial charge in [0.15, 0.2) is 0 Å². The van der Waals surface area contributed by atoms with Gasteiger partial charge in [0.05, 0.1) is 17.5 Å². The molecule has 0 N–H and O–H groups in total. The fourth-order valence-corrected chi connectivity index (χ4v) is 4.37. The van der Waals surface area contributed by atoms with E-state index in [0.29, 0.717) is 29.4 Å². The topological polar surface area (TPSA) is 76.8 Å². The van der Waals surface area contributed by atoms with Crippen molar-refractivity contribution in [3.63, 3.8) is 0 Å². The number of sulfonamides is 1. The van der Waals surface area contributed by atoms with Crippen LogP contribution < -0.4 is 10.4 Å². The van der Waals surface area contributed by atoms with Gasteiger partial charge < -0.3 is 9.15 Å². The van der Waals surface area contributed by atoms with Gasteiger partial charge in [-0.1, -0.05) is 12.1 Å². The predicted octanol–water partition coefficient (Wildman–Crippen LogP) is 2.10. The van der Waals surface area contributed by atoms with Gasteiger partial charge in [0, 0.05) is 12.6 Å². The number of aryl methyl sites for hydroxylation is 2. The first-order valence-electron chi connectivity index (χ1n) is 7.70. The lowest BCUT2D eigenvalue weighted by Crippen LogP contribution is -2.31. The standard InChI is InChI=1S/C17H19NO5S/c1-12-4-3-5-16(8-12)24(20,21)18-7-6-14(11-18)23-15-9-13(2)22-17(19)10-15/h3-5,8-10,14H,6-7,11H2,1-2H3/t14-/m1/s1. The van der Waals surface area contributed by atoms with Crippen molar-refractivity contribution in [1.29, 1.82) is 0 Å². The van der Waals surface area contributed by atoms with E-state index in [1.807, 2.05) is 13.0 Å². The van der Waals surface area contributed by atoms with Crippen LogP contribution in [0, 0.1) is 13.8 Å². The first kappa shape index (κ1) is 16.7. The maximum atomic E-state index is 12.7. The summed E-state index contributed by atoms with van der Waals surface area (Å²) in [5, 5.41) is 0. The Labute approximate surface area is 140 Å². The van der Waals surface area contributed by atoms with E-state index in [9.17, 15) is 13.2 Å². The van der Waals surface area contributed by atoms with Gasteiger partial charge in [0.1, 0.15) is 17.6 Å². The molecule has 0 aliphatic carbocycles. The summed E-state index contributed by atoms with van der Waals surface area (Å²) >= 11 is 0. The van der Waals surface area contributed by atoms with Crippen LogP contribution in [-0.4, -0.2) is 31.9 Å². The minimum absolute atomic E-state index is 0.259. The maximum Gasteiger partial charge on any atom is 0.339 e. The molecule has 1 fully saturated rings. The molecule has 1 aliphatic heterocycles. The molecule has 1 aromatic carbocycles. The third-order valence-corrected chi connectivity index (χ3v) is 5.77. The first-order chi connectivity index (χ1) is 11.3. The summed E-state index contributed by atoms with van der Waals surface area (Å²) < 4.78 is 37.5. The van der Waals surface area contributed by atoms with Gasteiger partial charge in [0.2, 0.25) is 10.0 Å². The Kier molecular flexibility index (Phi) is 4.47. The van der Waals surface area contributed by atoms with Crippen LogP contribution in [0.1, 0.15) is 17.7 Å². The Hall–Kier alpha value is -2.12. The van der Waals surface area contributed by atoms with E-state index in [2.05, 4.69) is 0 Å². The van der Waals surface area contributed by atoms with E-state index in [0.717, 1.165) is 5.56 Å². The van der Waals surface area contributed by atoms with E-state index in [1.165, 1.54) is 10.4 Å². The van der Waals surface area contributed by atoms with Crippen LogP contribution in [-0.2, 0) is 10.0 Å². The van der Waals surface area contributed by atoms with E-state index in [-0.39, 0.29) is 12.6 Å². The highest BCUT2D eigenvalue weighted by Crippen LogP contribution is 2.24. The molecule has 3 rings (SSSR count). The Morgan fingerprint density at radius 2 is 2.00 bits per heavy atom. The smallest absolute Gasteiger partial charge is 0.339 e. The fourth-order valence-electron chi connectivity index (χ4n) is 2.77. The van der Waals surface area contributed by atoms with Crippen LogP contribution in [0.2, 0.25) is 0 Å². The van der Waals surface area contributed by atoms with Crippen molar-refractivity contribution >= 4 is 10.0 Å². The van der Waals surface area contributed by atoms with Crippen LogP contribution in [0.4, 0.5) is 0 Å². The van der Waals surface area contributed by atoms with Crippen molar-refractivity contribution in [1.82, 2.24) is 4.31 Å². The number of ether oxygens (including phenoxy) is 1. The summed E-state index contributed by atoms with van der Waals surface area (Å²) in [5.74, 6) is 0.864.